The van der Waals surface area contributed by atoms with E-state index in [0.717, 1.165) is 17.5 Å². The van der Waals surface area contributed by atoms with Gasteiger partial charge in [0.05, 0.1) is 4.90 Å². The average molecular weight is 305 g/mol. The molecule has 4 nitrogen and oxygen atoms in total. The van der Waals surface area contributed by atoms with Crippen LogP contribution >= 0.6 is 12.4 Å². The van der Waals surface area contributed by atoms with Gasteiger partial charge in [-0.2, -0.15) is 4.31 Å². The molecule has 0 saturated carbocycles. The minimum absolute atomic E-state index is 0. The number of nitrogens with one attached hydrogen (secondary N) is 1. The molecule has 1 atom stereocenters. The van der Waals surface area contributed by atoms with Gasteiger partial charge in [-0.05, 0) is 44.5 Å². The Hall–Kier alpha value is -0.620. The van der Waals surface area contributed by atoms with Crippen molar-refractivity contribution in [2.24, 2.45) is 0 Å². The number of benzene rings is 1. The topological polar surface area (TPSA) is 49.4 Å². The number of aryl methyl sites for hydroxylation is 2. The molecule has 1 N–H and O–H groups in total. The Labute approximate surface area is 121 Å². The molecule has 19 heavy (non-hydrogen) atoms. The summed E-state index contributed by atoms with van der Waals surface area (Å²) in [6, 6.07) is 5.84. The van der Waals surface area contributed by atoms with Gasteiger partial charge < -0.3 is 5.32 Å². The van der Waals surface area contributed by atoms with Crippen molar-refractivity contribution in [3.8, 4) is 0 Å². The van der Waals surface area contributed by atoms with Crippen LogP contribution in [0.1, 0.15) is 17.5 Å². The third kappa shape index (κ3) is 3.28. The number of hydrogen-bond donors (Lipinski definition) is 1. The highest BCUT2D eigenvalue weighted by Crippen LogP contribution is 2.24. The fourth-order valence-electron chi connectivity index (χ4n) is 2.31. The van der Waals surface area contributed by atoms with Crippen LogP contribution in [0.4, 0.5) is 0 Å². The number of nitrogens with zero attached hydrogens (tertiary/aromatic N) is 1. The molecule has 0 spiro atoms. The molecule has 0 aromatic heterocycles. The molecule has 1 aliphatic heterocycles. The van der Waals surface area contributed by atoms with Gasteiger partial charge in [-0.25, -0.2) is 8.42 Å². The van der Waals surface area contributed by atoms with Crippen molar-refractivity contribution in [3.63, 3.8) is 0 Å². The maximum absolute atomic E-state index is 12.6. The molecular weight excluding hydrogens is 284 g/mol. The Bertz CT molecular complexity index is 546. The van der Waals surface area contributed by atoms with Crippen LogP contribution in [0, 0.1) is 13.8 Å². The number of likely N-dealkylation sites (N-methyl/N-ethyl adjacent to an activating group) is 1. The van der Waals surface area contributed by atoms with E-state index in [9.17, 15) is 8.42 Å². The lowest BCUT2D eigenvalue weighted by molar-refractivity contribution is 0.464. The van der Waals surface area contributed by atoms with Crippen LogP contribution in [0.5, 0.6) is 0 Å². The number of rotatable bonds is 3. The molecule has 0 amide bonds. The lowest BCUT2D eigenvalue weighted by atomic mass is 10.2. The Balaban J connectivity index is 0.00000180. The first-order valence-corrected chi connectivity index (χ1v) is 7.64. The van der Waals surface area contributed by atoms with E-state index in [1.54, 1.807) is 10.4 Å². The van der Waals surface area contributed by atoms with Crippen LogP contribution in [0.25, 0.3) is 0 Å². The van der Waals surface area contributed by atoms with E-state index < -0.39 is 10.0 Å². The molecule has 108 valence electrons. The molecule has 1 saturated heterocycles. The van der Waals surface area contributed by atoms with E-state index in [2.05, 4.69) is 5.32 Å². The predicted molar refractivity (Wildman–Crippen MR) is 79.4 cm³/mol. The van der Waals surface area contributed by atoms with Gasteiger partial charge in [0.2, 0.25) is 10.0 Å². The molecule has 2 rings (SSSR count). The fourth-order valence-corrected chi connectivity index (χ4v) is 4.12. The summed E-state index contributed by atoms with van der Waals surface area (Å²) in [6.07, 6.45) is 0.876. The van der Waals surface area contributed by atoms with E-state index in [4.69, 9.17) is 0 Å². The first-order valence-electron chi connectivity index (χ1n) is 6.20. The fraction of sp³-hybridized carbons (Fsp3) is 0.538. The standard InChI is InChI=1S/C13H20N2O2S.ClH/c1-10-4-5-11(2)13(8-10)18(16,17)15-7-6-12(9-15)14-3;/h4-5,8,12,14H,6-7,9H2,1-3H3;1H. The van der Waals surface area contributed by atoms with Gasteiger partial charge in [0, 0.05) is 19.1 Å². The van der Waals surface area contributed by atoms with Crippen LogP contribution in [-0.2, 0) is 10.0 Å². The summed E-state index contributed by atoms with van der Waals surface area (Å²) >= 11 is 0. The lowest BCUT2D eigenvalue weighted by Crippen LogP contribution is -2.33. The molecule has 0 aliphatic carbocycles. The predicted octanol–water partition coefficient (Wildman–Crippen LogP) is 1.71. The van der Waals surface area contributed by atoms with E-state index in [0.29, 0.717) is 18.0 Å². The number of halogens is 1. The third-order valence-electron chi connectivity index (χ3n) is 3.52. The van der Waals surface area contributed by atoms with Gasteiger partial charge in [-0.3, -0.25) is 0 Å². The lowest BCUT2D eigenvalue weighted by Gasteiger charge is -2.18. The summed E-state index contributed by atoms with van der Waals surface area (Å²) in [7, 11) is -1.47. The number of hydrogen-bond acceptors (Lipinski definition) is 3. The zero-order valence-electron chi connectivity index (χ0n) is 11.5. The largest absolute Gasteiger partial charge is 0.316 e. The Morgan fingerprint density at radius 2 is 2.00 bits per heavy atom. The van der Waals surface area contributed by atoms with Crippen LogP contribution < -0.4 is 5.32 Å². The molecule has 1 fully saturated rings. The SMILES string of the molecule is CNC1CCN(S(=O)(=O)c2cc(C)ccc2C)C1.Cl. The summed E-state index contributed by atoms with van der Waals surface area (Å²) in [5, 5.41) is 3.14. The Kier molecular flexibility index (Phi) is 5.38. The van der Waals surface area contributed by atoms with E-state index >= 15 is 0 Å². The average Bonchev–Trinajstić information content (AvgIpc) is 2.81. The van der Waals surface area contributed by atoms with Gasteiger partial charge in [0.15, 0.2) is 0 Å². The minimum Gasteiger partial charge on any atom is -0.316 e. The first kappa shape index (κ1) is 16.4. The van der Waals surface area contributed by atoms with Crippen LogP contribution in [0.15, 0.2) is 23.1 Å². The smallest absolute Gasteiger partial charge is 0.243 e. The van der Waals surface area contributed by atoms with Gasteiger partial charge in [-0.1, -0.05) is 12.1 Å². The molecule has 1 unspecified atom stereocenters. The van der Waals surface area contributed by atoms with Crippen molar-refractivity contribution < 1.29 is 8.42 Å². The third-order valence-corrected chi connectivity index (χ3v) is 5.53. The monoisotopic (exact) mass is 304 g/mol. The second kappa shape index (κ2) is 6.22. The number of sulfonamides is 1. The van der Waals surface area contributed by atoms with Crippen molar-refractivity contribution in [2.45, 2.75) is 31.2 Å². The molecular formula is C13H21ClN2O2S. The van der Waals surface area contributed by atoms with Crippen molar-refractivity contribution >= 4 is 22.4 Å². The van der Waals surface area contributed by atoms with Crippen molar-refractivity contribution in [1.82, 2.24) is 9.62 Å². The zero-order valence-corrected chi connectivity index (χ0v) is 13.1. The van der Waals surface area contributed by atoms with Crippen molar-refractivity contribution in [2.75, 3.05) is 20.1 Å². The van der Waals surface area contributed by atoms with E-state index in [1.165, 1.54) is 0 Å². The van der Waals surface area contributed by atoms with Crippen molar-refractivity contribution in [1.29, 1.82) is 0 Å². The molecule has 1 aliphatic rings. The molecule has 0 radical (unpaired) electrons. The Morgan fingerprint density at radius 1 is 1.32 bits per heavy atom. The second-order valence-corrected chi connectivity index (χ2v) is 6.81. The van der Waals surface area contributed by atoms with Crippen molar-refractivity contribution in [3.05, 3.63) is 29.3 Å². The molecule has 1 aromatic rings. The van der Waals surface area contributed by atoms with Crippen LogP contribution in [0.2, 0.25) is 0 Å². The highest BCUT2D eigenvalue weighted by atomic mass is 35.5. The summed E-state index contributed by atoms with van der Waals surface area (Å²) in [6.45, 7) is 4.92. The molecule has 0 bridgehead atoms. The first-order chi connectivity index (χ1) is 8.45. The van der Waals surface area contributed by atoms with E-state index in [1.807, 2.05) is 33.0 Å². The summed E-state index contributed by atoms with van der Waals surface area (Å²) in [4.78, 5) is 0.444. The summed E-state index contributed by atoms with van der Waals surface area (Å²) in [5.74, 6) is 0. The summed E-state index contributed by atoms with van der Waals surface area (Å²) < 4.78 is 26.7. The summed E-state index contributed by atoms with van der Waals surface area (Å²) in [5.41, 5.74) is 1.79. The molecule has 6 heteroatoms. The Morgan fingerprint density at radius 3 is 2.58 bits per heavy atom. The van der Waals surface area contributed by atoms with Crippen LogP contribution in [-0.4, -0.2) is 38.9 Å². The highest BCUT2D eigenvalue weighted by molar-refractivity contribution is 7.89. The minimum atomic E-state index is -3.34. The zero-order chi connectivity index (χ0) is 13.3. The van der Waals surface area contributed by atoms with Gasteiger partial charge >= 0.3 is 0 Å². The molecule has 1 aromatic carbocycles. The van der Waals surface area contributed by atoms with E-state index in [-0.39, 0.29) is 18.4 Å². The maximum Gasteiger partial charge on any atom is 0.243 e. The maximum atomic E-state index is 12.6. The van der Waals surface area contributed by atoms with Crippen LogP contribution in [0.3, 0.4) is 0 Å². The van der Waals surface area contributed by atoms with Gasteiger partial charge in [-0.15, -0.1) is 12.4 Å². The molecule has 1 heterocycles. The van der Waals surface area contributed by atoms with Gasteiger partial charge in [0.25, 0.3) is 0 Å². The quantitative estimate of drug-likeness (QED) is 0.925. The van der Waals surface area contributed by atoms with Gasteiger partial charge in [0.1, 0.15) is 0 Å². The second-order valence-electron chi connectivity index (χ2n) is 4.91. The normalized spacial score (nSPS) is 20.3. The highest BCUT2D eigenvalue weighted by Gasteiger charge is 2.32.